The van der Waals surface area contributed by atoms with E-state index in [0.717, 1.165) is 61.0 Å². The SMILES string of the molecule is C[C@H](Oc1nc(-c2noc3c2CCC[C@@]32CCCc3ccc(N)c(C#N)c32)cc2c1cnn2[C@@H]1CNC12CC(F)(F)C2)[C@@H]1C[C@@H](F)CN1C. The lowest BCUT2D eigenvalue weighted by Crippen LogP contribution is -2.74. The van der Waals surface area contributed by atoms with E-state index in [1.54, 1.807) is 6.20 Å². The summed E-state index contributed by atoms with van der Waals surface area (Å²) < 4.78 is 57.4. The molecule has 256 valence electrons. The molecule has 3 aliphatic carbocycles. The van der Waals surface area contributed by atoms with Crippen LogP contribution in [0.1, 0.15) is 85.9 Å². The highest BCUT2D eigenvalue weighted by atomic mass is 19.3. The molecule has 0 radical (unpaired) electrons. The molecule has 9 rings (SSSR count). The zero-order chi connectivity index (χ0) is 33.9. The van der Waals surface area contributed by atoms with Crippen LogP contribution in [0, 0.1) is 11.3 Å². The van der Waals surface area contributed by atoms with E-state index >= 15 is 0 Å². The first-order chi connectivity index (χ1) is 23.5. The molecule has 5 heterocycles. The summed E-state index contributed by atoms with van der Waals surface area (Å²) >= 11 is 0. The molecule has 1 aromatic carbocycles. The number of pyridine rings is 1. The summed E-state index contributed by atoms with van der Waals surface area (Å²) in [7, 11) is 1.89. The number of benzene rings is 1. The number of hydrogen-bond donors (Lipinski definition) is 2. The number of ether oxygens (including phenoxy) is 1. The Kier molecular flexibility index (Phi) is 6.73. The number of nitrogens with two attached hydrogens (primary N) is 1. The Morgan fingerprint density at radius 3 is 2.69 bits per heavy atom. The van der Waals surface area contributed by atoms with E-state index in [4.69, 9.17) is 25.1 Å². The van der Waals surface area contributed by atoms with Crippen LogP contribution in [0.25, 0.3) is 22.3 Å². The second-order valence-electron chi connectivity index (χ2n) is 15.1. The zero-order valence-corrected chi connectivity index (χ0v) is 27.6. The number of aromatic nitrogens is 4. The quantitative estimate of drug-likeness (QED) is 0.260. The van der Waals surface area contributed by atoms with Gasteiger partial charge >= 0.3 is 0 Å². The van der Waals surface area contributed by atoms with Gasteiger partial charge in [0.05, 0.1) is 45.4 Å². The van der Waals surface area contributed by atoms with Gasteiger partial charge in [-0.05, 0) is 82.2 Å². The lowest BCUT2D eigenvalue weighted by Gasteiger charge is -2.59. The smallest absolute Gasteiger partial charge is 0.251 e. The van der Waals surface area contributed by atoms with Crippen molar-refractivity contribution < 1.29 is 22.4 Å². The molecule has 2 aliphatic heterocycles. The third kappa shape index (κ3) is 4.49. The molecule has 0 unspecified atom stereocenters. The van der Waals surface area contributed by atoms with Crippen LogP contribution in [0.2, 0.25) is 0 Å². The van der Waals surface area contributed by atoms with Crippen molar-refractivity contribution in [1.82, 2.24) is 30.1 Å². The van der Waals surface area contributed by atoms with Crippen molar-refractivity contribution in [1.29, 1.82) is 5.26 Å². The van der Waals surface area contributed by atoms with Crippen molar-refractivity contribution in [3.63, 3.8) is 0 Å². The molecule has 2 saturated heterocycles. The molecule has 4 aromatic rings. The number of halogens is 3. The summed E-state index contributed by atoms with van der Waals surface area (Å²) in [6, 6.07) is 7.74. The van der Waals surface area contributed by atoms with Crippen LogP contribution in [0.3, 0.4) is 0 Å². The number of hydrogen-bond acceptors (Lipinski definition) is 9. The molecule has 3 aromatic heterocycles. The summed E-state index contributed by atoms with van der Waals surface area (Å²) in [5.74, 6) is -1.61. The molecular formula is C36H39F3N8O2. The number of likely N-dealkylation sites (N-methyl/N-ethyl adjacent to an activating group) is 1. The van der Waals surface area contributed by atoms with Gasteiger partial charge in [-0.1, -0.05) is 11.2 Å². The van der Waals surface area contributed by atoms with Crippen LogP contribution in [-0.4, -0.2) is 74.7 Å². The van der Waals surface area contributed by atoms with E-state index in [1.807, 2.05) is 41.8 Å². The lowest BCUT2D eigenvalue weighted by atomic mass is 9.61. The maximum Gasteiger partial charge on any atom is 0.251 e. The Balaban J connectivity index is 1.17. The van der Waals surface area contributed by atoms with Gasteiger partial charge in [0.2, 0.25) is 5.88 Å². The molecule has 3 fully saturated rings. The van der Waals surface area contributed by atoms with Crippen molar-refractivity contribution in [3.05, 3.63) is 52.4 Å². The minimum absolute atomic E-state index is 0.144. The van der Waals surface area contributed by atoms with Gasteiger partial charge in [-0.25, -0.2) is 18.2 Å². The van der Waals surface area contributed by atoms with Crippen LogP contribution in [0.15, 0.2) is 28.9 Å². The third-order valence-electron chi connectivity index (χ3n) is 12.1. The predicted octanol–water partition coefficient (Wildman–Crippen LogP) is 5.62. The summed E-state index contributed by atoms with van der Waals surface area (Å²) in [6.45, 7) is 2.79. The fourth-order valence-electron chi connectivity index (χ4n) is 9.79. The van der Waals surface area contributed by atoms with Gasteiger partial charge in [0, 0.05) is 43.2 Å². The van der Waals surface area contributed by atoms with Crippen LogP contribution in [0.4, 0.5) is 18.9 Å². The molecule has 0 amide bonds. The van der Waals surface area contributed by atoms with Crippen molar-refractivity contribution in [2.75, 3.05) is 25.9 Å². The van der Waals surface area contributed by atoms with E-state index in [2.05, 4.69) is 16.5 Å². The number of nitrogen functional groups attached to an aromatic ring is 1. The first kappa shape index (κ1) is 30.9. The van der Waals surface area contributed by atoms with Gasteiger partial charge in [-0.2, -0.15) is 10.4 Å². The number of nitriles is 1. The molecule has 5 atom stereocenters. The second-order valence-corrected chi connectivity index (χ2v) is 15.1. The van der Waals surface area contributed by atoms with Crippen molar-refractivity contribution in [3.8, 4) is 23.3 Å². The van der Waals surface area contributed by atoms with Crippen molar-refractivity contribution in [2.24, 2.45) is 0 Å². The fraction of sp³-hybridized carbons (Fsp3) is 0.556. The lowest BCUT2D eigenvalue weighted by molar-refractivity contribution is -0.175. The van der Waals surface area contributed by atoms with Gasteiger partial charge in [0.25, 0.3) is 5.92 Å². The number of likely N-dealkylation sites (tertiary alicyclic amines) is 1. The maximum atomic E-state index is 14.4. The highest BCUT2D eigenvalue weighted by molar-refractivity contribution is 5.87. The monoisotopic (exact) mass is 672 g/mol. The van der Waals surface area contributed by atoms with Gasteiger partial charge in [0.1, 0.15) is 24.0 Å². The first-order valence-corrected chi connectivity index (χ1v) is 17.4. The Labute approximate surface area is 281 Å². The normalized spacial score (nSPS) is 28.9. The average Bonchev–Trinajstić information content (AvgIpc) is 3.77. The molecule has 13 heteroatoms. The van der Waals surface area contributed by atoms with E-state index < -0.39 is 23.0 Å². The summed E-state index contributed by atoms with van der Waals surface area (Å²) in [4.78, 5) is 6.99. The van der Waals surface area contributed by atoms with Crippen LogP contribution in [0.5, 0.6) is 5.88 Å². The van der Waals surface area contributed by atoms with E-state index in [9.17, 15) is 18.4 Å². The van der Waals surface area contributed by atoms with Gasteiger partial charge in [0.15, 0.2) is 5.76 Å². The summed E-state index contributed by atoms with van der Waals surface area (Å²) in [5.41, 5.74) is 10.9. The van der Waals surface area contributed by atoms with Crippen molar-refractivity contribution in [2.45, 2.75) is 106 Å². The molecule has 10 nitrogen and oxygen atoms in total. The first-order valence-electron chi connectivity index (χ1n) is 17.4. The Bertz CT molecular complexity index is 2020. The molecule has 0 bridgehead atoms. The molecule has 3 N–H and O–H groups in total. The molecule has 2 spiro atoms. The van der Waals surface area contributed by atoms with E-state index in [-0.39, 0.29) is 31.0 Å². The van der Waals surface area contributed by atoms with E-state index in [0.29, 0.717) is 58.9 Å². The minimum Gasteiger partial charge on any atom is -0.472 e. The topological polar surface area (TPSA) is 131 Å². The van der Waals surface area contributed by atoms with Gasteiger partial charge in [-0.3, -0.25) is 9.58 Å². The fourth-order valence-corrected chi connectivity index (χ4v) is 9.79. The third-order valence-corrected chi connectivity index (χ3v) is 12.1. The van der Waals surface area contributed by atoms with Crippen molar-refractivity contribution >= 4 is 16.6 Å². The molecular weight excluding hydrogens is 633 g/mol. The van der Waals surface area contributed by atoms with Gasteiger partial charge < -0.3 is 20.3 Å². The molecule has 5 aliphatic rings. The predicted molar refractivity (Wildman–Crippen MR) is 175 cm³/mol. The van der Waals surface area contributed by atoms with Crippen LogP contribution in [-0.2, 0) is 18.3 Å². The highest BCUT2D eigenvalue weighted by Gasteiger charge is 2.65. The number of fused-ring (bicyclic) bond motifs is 5. The summed E-state index contributed by atoms with van der Waals surface area (Å²) in [6.07, 6.45) is 5.29. The Morgan fingerprint density at radius 2 is 2.00 bits per heavy atom. The number of alkyl halides is 3. The number of anilines is 1. The highest BCUT2D eigenvalue weighted by Crippen LogP contribution is 2.56. The Morgan fingerprint density at radius 1 is 1.20 bits per heavy atom. The second kappa shape index (κ2) is 10.7. The van der Waals surface area contributed by atoms with Crippen LogP contribution < -0.4 is 15.8 Å². The largest absolute Gasteiger partial charge is 0.472 e. The molecule has 49 heavy (non-hydrogen) atoms. The number of nitrogens with one attached hydrogen (secondary N) is 1. The van der Waals surface area contributed by atoms with Crippen LogP contribution >= 0.6 is 0 Å². The number of rotatable bonds is 5. The number of aryl methyl sites for hydroxylation is 1. The van der Waals surface area contributed by atoms with Gasteiger partial charge in [-0.15, -0.1) is 0 Å². The minimum atomic E-state index is -2.70. The summed E-state index contributed by atoms with van der Waals surface area (Å²) in [5, 5.41) is 23.5. The maximum absolute atomic E-state index is 14.4. The molecule has 1 saturated carbocycles. The zero-order valence-electron chi connectivity index (χ0n) is 27.6. The Hall–Kier alpha value is -4.15. The average molecular weight is 673 g/mol. The standard InChI is InChI=1S/C36H39F3N8O2/c1-19(27-11-21(37)16-46(27)2)48-33-24-14-43-47(29-15-42-35(29)17-36(38,39)18-35)28(24)12-26(44-33)31-22-6-4-10-34(32(22)49-45-31)9-3-5-20-7-8-25(41)23(13-40)30(20)34/h7-8,12,14,19,21,27,29,42H,3-6,9-11,15-18,41H2,1-2H3/t19-,21+,27-,29+,34+/m0/s1. The van der Waals surface area contributed by atoms with E-state index in [1.165, 1.54) is 0 Å². The number of nitrogens with zero attached hydrogens (tertiary/aromatic N) is 6.